The van der Waals surface area contributed by atoms with E-state index in [4.69, 9.17) is 0 Å². The van der Waals surface area contributed by atoms with Gasteiger partial charge in [0.25, 0.3) is 6.08 Å². The smallest absolute Gasteiger partial charge is 0.218 e. The van der Waals surface area contributed by atoms with E-state index in [9.17, 15) is 96.6 Å². The molecule has 0 fully saturated rings. The Kier molecular flexibility index (Phi) is 7.76. The second kappa shape index (κ2) is 8.26. The lowest BCUT2D eigenvalue weighted by atomic mass is 9.73. The van der Waals surface area contributed by atoms with Crippen LogP contribution < -0.4 is 0 Å². The summed E-state index contributed by atoms with van der Waals surface area (Å²) in [7, 11) is 0. The van der Waals surface area contributed by atoms with E-state index < -0.39 is 71.2 Å². The molecule has 0 aromatic heterocycles. The first kappa shape index (κ1) is 31.9. The second-order valence-corrected chi connectivity index (χ2v) is 5.72. The van der Waals surface area contributed by atoms with Crippen molar-refractivity contribution in [3.8, 4) is 0 Å². The van der Waals surface area contributed by atoms with Gasteiger partial charge in [0.05, 0.1) is 0 Å². The molecule has 0 rings (SSSR count). The van der Waals surface area contributed by atoms with E-state index in [1.807, 2.05) is 0 Å². The maximum absolute atomic E-state index is 14.2. The van der Waals surface area contributed by atoms with Crippen molar-refractivity contribution in [3.05, 3.63) is 23.1 Å². The second-order valence-electron chi connectivity index (χ2n) is 5.72. The fourth-order valence-electron chi connectivity index (χ4n) is 2.37. The van der Waals surface area contributed by atoms with Crippen molar-refractivity contribution in [1.82, 2.24) is 0 Å². The van der Waals surface area contributed by atoms with Gasteiger partial charge in [-0.3, -0.25) is 0 Å². The predicted molar refractivity (Wildman–Crippen MR) is 60.0 cm³/mol. The lowest BCUT2D eigenvalue weighted by molar-refractivity contribution is -0.347. The summed E-state index contributed by atoms with van der Waals surface area (Å²) in [5, 5.41) is 0. The van der Waals surface area contributed by atoms with Gasteiger partial charge in [-0.05, 0) is 0 Å². The highest BCUT2D eigenvalue weighted by Gasteiger charge is 2.86. The zero-order valence-corrected chi connectivity index (χ0v) is 14.3. The highest BCUT2D eigenvalue weighted by atomic mass is 19.4. The molecule has 22 heteroatoms. The van der Waals surface area contributed by atoms with Gasteiger partial charge in [0.15, 0.2) is 0 Å². The van der Waals surface area contributed by atoms with E-state index >= 15 is 0 Å². The summed E-state index contributed by atoms with van der Waals surface area (Å²) in [6.45, 7) is 0. The van der Waals surface area contributed by atoms with Gasteiger partial charge in [-0.15, -0.1) is 0 Å². The molecule has 0 saturated carbocycles. The Labute approximate surface area is 169 Å². The highest BCUT2D eigenvalue weighted by molar-refractivity contribution is 5.43. The van der Waals surface area contributed by atoms with Crippen LogP contribution >= 0.6 is 0 Å². The number of hydrogen-bond acceptors (Lipinski definition) is 0. The first-order valence-electron chi connectivity index (χ1n) is 6.91. The molecule has 34 heavy (non-hydrogen) atoms. The zero-order valence-electron chi connectivity index (χ0n) is 14.3. The van der Waals surface area contributed by atoms with Crippen LogP contribution in [0.4, 0.5) is 96.6 Å². The molecular formula is C12F22. The Morgan fingerprint density at radius 2 is 0.618 bits per heavy atom. The minimum atomic E-state index is -8.62. The minimum Gasteiger partial charge on any atom is -0.218 e. The van der Waals surface area contributed by atoms with Crippen molar-refractivity contribution < 1.29 is 96.6 Å². The Morgan fingerprint density at radius 1 is 0.353 bits per heavy atom. The molecule has 202 valence electrons. The molecule has 0 atom stereocenters. The van der Waals surface area contributed by atoms with Crippen molar-refractivity contribution in [3.63, 3.8) is 0 Å². The summed E-state index contributed by atoms with van der Waals surface area (Å²) >= 11 is 0. The fourth-order valence-corrected chi connectivity index (χ4v) is 2.37. The van der Waals surface area contributed by atoms with Crippen LogP contribution in [0.5, 0.6) is 0 Å². The van der Waals surface area contributed by atoms with E-state index in [0.717, 1.165) is 0 Å². The Balaban J connectivity index is 8.81. The van der Waals surface area contributed by atoms with Gasteiger partial charge >= 0.3 is 42.7 Å². The molecule has 0 saturated heterocycles. The number of halogens is 22. The quantitative estimate of drug-likeness (QED) is 0.303. The molecule has 0 N–H and O–H groups in total. The third kappa shape index (κ3) is 4.85. The normalized spacial score (nSPS) is 16.4. The number of allylic oxidation sites excluding steroid dienone is 3. The first-order chi connectivity index (χ1) is 14.3. The molecule has 0 bridgehead atoms. The van der Waals surface area contributed by atoms with Gasteiger partial charge in [-0.1, -0.05) is 0 Å². The molecule has 0 aliphatic rings. The highest BCUT2D eigenvalue weighted by Crippen LogP contribution is 2.67. The zero-order chi connectivity index (χ0) is 28.3. The van der Waals surface area contributed by atoms with Crippen molar-refractivity contribution in [1.29, 1.82) is 0 Å². The summed E-state index contributed by atoms with van der Waals surface area (Å²) in [5.74, 6) is -6.29. The number of hydrogen-bond donors (Lipinski definition) is 0. The van der Waals surface area contributed by atoms with Gasteiger partial charge in [-0.25, -0.2) is 8.78 Å². The lowest BCUT2D eigenvalue weighted by Gasteiger charge is -2.41. The van der Waals surface area contributed by atoms with Crippen molar-refractivity contribution in [2.24, 2.45) is 5.41 Å². The van der Waals surface area contributed by atoms with Crippen LogP contribution in [0.25, 0.3) is 0 Å². The van der Waals surface area contributed by atoms with Gasteiger partial charge < -0.3 is 0 Å². The van der Waals surface area contributed by atoms with Crippen molar-refractivity contribution >= 4 is 0 Å². The predicted octanol–water partition coefficient (Wildman–Crippen LogP) is 8.43. The molecule has 0 aliphatic heterocycles. The van der Waals surface area contributed by atoms with E-state index in [1.54, 1.807) is 0 Å². The molecule has 0 aromatic rings. The van der Waals surface area contributed by atoms with Crippen LogP contribution in [0, 0.1) is 5.41 Å². The van der Waals surface area contributed by atoms with Crippen LogP contribution in [0.15, 0.2) is 23.1 Å². The molecule has 0 radical (unpaired) electrons. The lowest BCUT2D eigenvalue weighted by Crippen LogP contribution is -2.61. The monoisotopic (exact) mass is 562 g/mol. The maximum Gasteiger partial charge on any atom is 0.436 e. The van der Waals surface area contributed by atoms with Crippen LogP contribution in [0.3, 0.4) is 0 Å². The minimum absolute atomic E-state index is 5.39. The largest absolute Gasteiger partial charge is 0.436 e. The first-order valence-corrected chi connectivity index (χ1v) is 6.91. The maximum atomic E-state index is 14.2. The standard InChI is InChI=1S/C12F22/c13-3(1(7(17,18)19)6(16,11(29,30)31)12(32,33)34)5(9(23,24)25,10(26,27)28)2(4(14)15)8(20,21)22/b3-1+. The van der Waals surface area contributed by atoms with Crippen LogP contribution in [-0.2, 0) is 0 Å². The fraction of sp³-hybridized carbons (Fsp3) is 0.667. The average molecular weight is 562 g/mol. The summed E-state index contributed by atoms with van der Waals surface area (Å²) < 4.78 is 284. The summed E-state index contributed by atoms with van der Waals surface area (Å²) in [6.07, 6.45) is -55.4. The van der Waals surface area contributed by atoms with Crippen molar-refractivity contribution in [2.75, 3.05) is 0 Å². The van der Waals surface area contributed by atoms with Gasteiger partial charge in [0.1, 0.15) is 17.0 Å². The van der Waals surface area contributed by atoms with Crippen LogP contribution in [-0.4, -0.2) is 42.7 Å². The van der Waals surface area contributed by atoms with E-state index in [1.165, 1.54) is 0 Å². The average Bonchev–Trinajstić information content (AvgIpc) is 2.43. The van der Waals surface area contributed by atoms with E-state index in [0.29, 0.717) is 0 Å². The SMILES string of the molecule is FC(F)=C(C(F)(F)F)C(/C(F)=C(\C(F)(F)F)C(F)(C(F)(F)F)C(F)(F)F)(C(F)(F)F)C(F)(F)F. The third-order valence-corrected chi connectivity index (χ3v) is 3.66. The number of alkyl halides is 19. The number of rotatable bonds is 3. The Hall–Kier alpha value is -2.06. The molecule has 0 nitrogen and oxygen atoms in total. The van der Waals surface area contributed by atoms with Gasteiger partial charge in [0, 0.05) is 0 Å². The summed E-state index contributed by atoms with van der Waals surface area (Å²) in [4.78, 5) is 0. The van der Waals surface area contributed by atoms with Crippen LogP contribution in [0.2, 0.25) is 0 Å². The summed E-state index contributed by atoms with van der Waals surface area (Å²) in [5.41, 5.74) is -29.2. The topological polar surface area (TPSA) is 0 Å². The third-order valence-electron chi connectivity index (χ3n) is 3.66. The molecular weight excluding hydrogens is 562 g/mol. The van der Waals surface area contributed by atoms with Crippen LogP contribution in [0.1, 0.15) is 0 Å². The van der Waals surface area contributed by atoms with Gasteiger partial charge in [0.2, 0.25) is 5.41 Å². The molecule has 0 heterocycles. The van der Waals surface area contributed by atoms with Gasteiger partial charge in [-0.2, -0.15) is 87.8 Å². The molecule has 0 aliphatic carbocycles. The summed E-state index contributed by atoms with van der Waals surface area (Å²) in [6, 6.07) is 0. The van der Waals surface area contributed by atoms with Crippen molar-refractivity contribution in [2.45, 2.75) is 42.7 Å². The van der Waals surface area contributed by atoms with E-state index in [-0.39, 0.29) is 0 Å². The van der Waals surface area contributed by atoms with E-state index in [2.05, 4.69) is 0 Å². The molecule has 0 unspecified atom stereocenters. The molecule has 0 amide bonds. The molecule has 0 aromatic carbocycles. The molecule has 0 spiro atoms. The Bertz CT molecular complexity index is 781. The Morgan fingerprint density at radius 3 is 0.765 bits per heavy atom.